The molecule has 1 aliphatic rings. The molecule has 0 fully saturated rings. The number of hydrogen-bond acceptors (Lipinski definition) is 5. The molecule has 2 rings (SSSR count). The van der Waals surface area contributed by atoms with Gasteiger partial charge in [0.1, 0.15) is 0 Å². The molecular weight excluding hydrogens is 291 g/mol. The van der Waals surface area contributed by atoms with Crippen LogP contribution in [-0.4, -0.2) is 12.6 Å². The van der Waals surface area contributed by atoms with E-state index in [4.69, 9.17) is 13.8 Å². The summed E-state index contributed by atoms with van der Waals surface area (Å²) in [7, 11) is -3.47. The van der Waals surface area contributed by atoms with Gasteiger partial charge in [-0.2, -0.15) is 0 Å². The SMILES string of the molecule is CCOP1(=O)C=C(c2ccc(C)cc2)C=C(OC(C)=O)O1. The summed E-state index contributed by atoms with van der Waals surface area (Å²) in [5, 5.41) is 0. The van der Waals surface area contributed by atoms with E-state index in [1.54, 1.807) is 6.92 Å². The molecule has 0 radical (unpaired) electrons. The van der Waals surface area contributed by atoms with Gasteiger partial charge in [-0.05, 0) is 25.0 Å². The second-order valence-corrected chi connectivity index (χ2v) is 6.34. The first-order valence-electron chi connectivity index (χ1n) is 6.56. The van der Waals surface area contributed by atoms with Crippen LogP contribution in [0.5, 0.6) is 0 Å². The third-order valence-corrected chi connectivity index (χ3v) is 4.37. The summed E-state index contributed by atoms with van der Waals surface area (Å²) < 4.78 is 27.8. The molecule has 6 heteroatoms. The molecule has 21 heavy (non-hydrogen) atoms. The predicted molar refractivity (Wildman–Crippen MR) is 79.3 cm³/mol. The lowest BCUT2D eigenvalue weighted by Gasteiger charge is -2.21. The second-order valence-electron chi connectivity index (χ2n) is 4.56. The van der Waals surface area contributed by atoms with Gasteiger partial charge in [0.25, 0.3) is 5.95 Å². The molecule has 0 N–H and O–H groups in total. The smallest absolute Gasteiger partial charge is 0.393 e. The minimum Gasteiger partial charge on any atom is -0.393 e. The Bertz CT molecular complexity index is 643. The molecule has 0 amide bonds. The number of carbonyl (C=O) groups excluding carboxylic acids is 1. The fourth-order valence-electron chi connectivity index (χ4n) is 1.85. The monoisotopic (exact) mass is 308 g/mol. The zero-order valence-electron chi connectivity index (χ0n) is 12.2. The molecule has 0 spiro atoms. The topological polar surface area (TPSA) is 61.8 Å². The van der Waals surface area contributed by atoms with Crippen molar-refractivity contribution in [2.24, 2.45) is 0 Å². The predicted octanol–water partition coefficient (Wildman–Crippen LogP) is 4.00. The normalized spacial score (nSPS) is 21.1. The summed E-state index contributed by atoms with van der Waals surface area (Å²) in [4.78, 5) is 11.1. The first-order chi connectivity index (χ1) is 9.92. The molecule has 0 aliphatic carbocycles. The van der Waals surface area contributed by atoms with Crippen molar-refractivity contribution in [1.82, 2.24) is 0 Å². The molecule has 1 aliphatic heterocycles. The van der Waals surface area contributed by atoms with Crippen molar-refractivity contribution in [2.75, 3.05) is 6.61 Å². The maximum Gasteiger partial charge on any atom is 0.406 e. The number of carbonyl (C=O) groups is 1. The van der Waals surface area contributed by atoms with E-state index in [0.717, 1.165) is 11.1 Å². The molecular formula is C15H17O5P. The fourth-order valence-corrected chi connectivity index (χ4v) is 3.29. The summed E-state index contributed by atoms with van der Waals surface area (Å²) in [5.74, 6) is 0.778. The average molecular weight is 308 g/mol. The molecule has 1 aromatic carbocycles. The summed E-state index contributed by atoms with van der Waals surface area (Å²) >= 11 is 0. The zero-order valence-corrected chi connectivity index (χ0v) is 13.1. The van der Waals surface area contributed by atoms with Crippen molar-refractivity contribution in [1.29, 1.82) is 0 Å². The first-order valence-corrected chi connectivity index (χ1v) is 8.17. The van der Waals surface area contributed by atoms with E-state index in [1.165, 1.54) is 18.8 Å². The largest absolute Gasteiger partial charge is 0.406 e. The fraction of sp³-hybridized carbons (Fsp3) is 0.267. The Morgan fingerprint density at radius 3 is 2.52 bits per heavy atom. The van der Waals surface area contributed by atoms with Crippen molar-refractivity contribution in [3.63, 3.8) is 0 Å². The molecule has 0 bridgehead atoms. The van der Waals surface area contributed by atoms with E-state index < -0.39 is 13.6 Å². The van der Waals surface area contributed by atoms with E-state index in [1.807, 2.05) is 31.2 Å². The third kappa shape index (κ3) is 4.06. The Hall–Kier alpha value is -1.84. The van der Waals surface area contributed by atoms with Crippen molar-refractivity contribution < 1.29 is 23.1 Å². The van der Waals surface area contributed by atoms with Crippen LogP contribution in [0.25, 0.3) is 5.57 Å². The van der Waals surface area contributed by atoms with Gasteiger partial charge in [0.15, 0.2) is 0 Å². The van der Waals surface area contributed by atoms with Crippen molar-refractivity contribution in [3.8, 4) is 0 Å². The van der Waals surface area contributed by atoms with E-state index >= 15 is 0 Å². The number of ether oxygens (including phenoxy) is 1. The Morgan fingerprint density at radius 1 is 1.29 bits per heavy atom. The summed E-state index contributed by atoms with van der Waals surface area (Å²) in [6.07, 6.45) is 1.53. The van der Waals surface area contributed by atoms with Gasteiger partial charge in [-0.15, -0.1) is 0 Å². The van der Waals surface area contributed by atoms with Crippen LogP contribution < -0.4 is 0 Å². The zero-order chi connectivity index (χ0) is 15.5. The average Bonchev–Trinajstić information content (AvgIpc) is 2.37. The quantitative estimate of drug-likeness (QED) is 0.621. The highest BCUT2D eigenvalue weighted by atomic mass is 31.2. The van der Waals surface area contributed by atoms with Gasteiger partial charge in [-0.3, -0.25) is 9.32 Å². The van der Waals surface area contributed by atoms with Gasteiger partial charge in [0, 0.05) is 18.8 Å². The van der Waals surface area contributed by atoms with Crippen LogP contribution in [-0.2, 0) is 23.1 Å². The molecule has 112 valence electrons. The second kappa shape index (κ2) is 6.29. The molecule has 1 heterocycles. The highest BCUT2D eigenvalue weighted by Gasteiger charge is 2.30. The van der Waals surface area contributed by atoms with Crippen LogP contribution in [0.1, 0.15) is 25.0 Å². The van der Waals surface area contributed by atoms with Gasteiger partial charge in [0.05, 0.1) is 6.61 Å². The molecule has 1 atom stereocenters. The van der Waals surface area contributed by atoms with Gasteiger partial charge in [0.2, 0.25) is 0 Å². The Balaban J connectivity index is 2.41. The molecule has 5 nitrogen and oxygen atoms in total. The van der Waals surface area contributed by atoms with Crippen LogP contribution in [0.3, 0.4) is 0 Å². The minimum atomic E-state index is -3.47. The maximum atomic E-state index is 12.5. The number of rotatable bonds is 4. The highest BCUT2D eigenvalue weighted by Crippen LogP contribution is 2.56. The highest BCUT2D eigenvalue weighted by molar-refractivity contribution is 7.57. The summed E-state index contributed by atoms with van der Waals surface area (Å²) in [6.45, 7) is 5.17. The molecule has 0 aromatic heterocycles. The molecule has 1 aromatic rings. The third-order valence-electron chi connectivity index (χ3n) is 2.73. The molecule has 0 saturated heterocycles. The Morgan fingerprint density at radius 2 is 1.95 bits per heavy atom. The Labute approximate surface area is 123 Å². The van der Waals surface area contributed by atoms with Crippen LogP contribution in [0.4, 0.5) is 0 Å². The van der Waals surface area contributed by atoms with Gasteiger partial charge in [-0.25, -0.2) is 4.57 Å². The summed E-state index contributed by atoms with van der Waals surface area (Å²) in [6, 6.07) is 7.67. The van der Waals surface area contributed by atoms with Crippen LogP contribution in [0.2, 0.25) is 0 Å². The standard InChI is InChI=1S/C15H17O5P/c1-4-18-21(17)10-14(9-15(20-21)19-12(3)16)13-7-5-11(2)6-8-13/h5-10H,4H2,1-3H3. The lowest BCUT2D eigenvalue weighted by molar-refractivity contribution is -0.140. The van der Waals surface area contributed by atoms with Crippen LogP contribution >= 0.6 is 7.60 Å². The van der Waals surface area contributed by atoms with Gasteiger partial charge in [-0.1, -0.05) is 29.8 Å². The molecule has 0 saturated carbocycles. The number of esters is 1. The van der Waals surface area contributed by atoms with E-state index in [2.05, 4.69) is 0 Å². The first kappa shape index (κ1) is 15.5. The maximum absolute atomic E-state index is 12.5. The van der Waals surface area contributed by atoms with Crippen LogP contribution in [0.15, 0.2) is 42.1 Å². The van der Waals surface area contributed by atoms with E-state index in [9.17, 15) is 9.36 Å². The van der Waals surface area contributed by atoms with Crippen molar-refractivity contribution in [3.05, 3.63) is 53.2 Å². The summed E-state index contributed by atoms with van der Waals surface area (Å²) in [5.41, 5.74) is 2.59. The van der Waals surface area contributed by atoms with Gasteiger partial charge >= 0.3 is 13.6 Å². The molecule has 1 unspecified atom stereocenters. The number of allylic oxidation sites excluding steroid dienone is 2. The van der Waals surface area contributed by atoms with Crippen LogP contribution in [0, 0.1) is 6.92 Å². The number of aryl methyl sites for hydroxylation is 1. The Kier molecular flexibility index (Phi) is 4.66. The van der Waals surface area contributed by atoms with Crippen molar-refractivity contribution in [2.45, 2.75) is 20.8 Å². The number of benzene rings is 1. The lowest BCUT2D eigenvalue weighted by atomic mass is 10.1. The van der Waals surface area contributed by atoms with Gasteiger partial charge < -0.3 is 9.26 Å². The lowest BCUT2D eigenvalue weighted by Crippen LogP contribution is -2.06. The number of hydrogen-bond donors (Lipinski definition) is 0. The van der Waals surface area contributed by atoms with Crippen molar-refractivity contribution >= 4 is 19.1 Å². The van der Waals surface area contributed by atoms with E-state index in [-0.39, 0.29) is 12.6 Å². The minimum absolute atomic E-state index is 0.114. The van der Waals surface area contributed by atoms with E-state index in [0.29, 0.717) is 5.57 Å².